The molecule has 7 heteroatoms. The number of halogens is 5. The van der Waals surface area contributed by atoms with E-state index in [1.807, 2.05) is 0 Å². The molecule has 0 saturated carbocycles. The zero-order valence-corrected chi connectivity index (χ0v) is 15.5. The minimum Gasteiger partial charge on any atom is -0.352 e. The van der Waals surface area contributed by atoms with Gasteiger partial charge in [0.25, 0.3) is 0 Å². The number of benzene rings is 2. The van der Waals surface area contributed by atoms with E-state index in [1.165, 1.54) is 0 Å². The van der Waals surface area contributed by atoms with Crippen LogP contribution in [0.15, 0.2) is 24.3 Å². The maximum atomic E-state index is 14.4. The zero-order chi connectivity index (χ0) is 19.6. The van der Waals surface area contributed by atoms with Crippen LogP contribution < -0.4 is 0 Å². The lowest BCUT2D eigenvalue weighted by atomic mass is 10.00. The normalized spacial score (nSPS) is 20.1. The molecule has 3 rings (SSSR count). The summed E-state index contributed by atoms with van der Waals surface area (Å²) in [6.07, 6.45) is 1.37. The highest BCUT2D eigenvalue weighted by molar-refractivity contribution is 6.31. The summed E-state index contributed by atoms with van der Waals surface area (Å²) in [5.41, 5.74) is -0.335. The molecule has 2 aromatic carbocycles. The van der Waals surface area contributed by atoms with Crippen LogP contribution in [0.2, 0.25) is 5.02 Å². The predicted octanol–water partition coefficient (Wildman–Crippen LogP) is 5.90. The first kappa shape index (κ1) is 20.1. The van der Waals surface area contributed by atoms with Gasteiger partial charge in [-0.2, -0.15) is 0 Å². The summed E-state index contributed by atoms with van der Waals surface area (Å²) < 4.78 is 67.3. The molecule has 0 atom stereocenters. The van der Waals surface area contributed by atoms with E-state index in [0.29, 0.717) is 37.5 Å². The molecule has 1 saturated heterocycles. The van der Waals surface area contributed by atoms with Crippen LogP contribution in [0, 0.1) is 29.2 Å². The Hall–Kier alpha value is -1.63. The Balaban J connectivity index is 1.74. The molecule has 1 aliphatic rings. The van der Waals surface area contributed by atoms with Gasteiger partial charge in [-0.1, -0.05) is 18.5 Å². The van der Waals surface area contributed by atoms with Crippen molar-refractivity contribution in [2.75, 3.05) is 13.2 Å². The Bertz CT molecular complexity index is 774. The quantitative estimate of drug-likeness (QED) is 0.458. The van der Waals surface area contributed by atoms with Gasteiger partial charge in [0, 0.05) is 12.3 Å². The van der Waals surface area contributed by atoms with Crippen LogP contribution in [-0.2, 0) is 15.9 Å². The van der Waals surface area contributed by atoms with Gasteiger partial charge in [-0.25, -0.2) is 17.6 Å². The molecular formula is C20H19ClF4O2. The molecular weight excluding hydrogens is 384 g/mol. The number of ether oxygens (including phenoxy) is 2. The summed E-state index contributed by atoms with van der Waals surface area (Å²) >= 11 is 5.41. The SMILES string of the molecule is CCC1COC(CCc2cc(F)c(-c3cc(F)c(Cl)c(F)c3)c(F)c2)OC1. The van der Waals surface area contributed by atoms with E-state index in [4.69, 9.17) is 21.1 Å². The Morgan fingerprint density at radius 3 is 2.00 bits per heavy atom. The molecule has 146 valence electrons. The van der Waals surface area contributed by atoms with Crippen molar-refractivity contribution in [3.05, 3.63) is 58.1 Å². The number of rotatable bonds is 5. The molecule has 0 unspecified atom stereocenters. The van der Waals surface area contributed by atoms with Gasteiger partial charge < -0.3 is 9.47 Å². The first-order chi connectivity index (χ1) is 12.9. The van der Waals surface area contributed by atoms with E-state index >= 15 is 0 Å². The fraction of sp³-hybridized carbons (Fsp3) is 0.400. The summed E-state index contributed by atoms with van der Waals surface area (Å²) in [7, 11) is 0. The molecule has 1 fully saturated rings. The second-order valence-corrected chi connectivity index (χ2v) is 6.98. The molecule has 0 N–H and O–H groups in total. The highest BCUT2D eigenvalue weighted by Crippen LogP contribution is 2.32. The monoisotopic (exact) mass is 402 g/mol. The van der Waals surface area contributed by atoms with Gasteiger partial charge in [0.2, 0.25) is 0 Å². The van der Waals surface area contributed by atoms with Gasteiger partial charge in [0.1, 0.15) is 28.3 Å². The average molecular weight is 403 g/mol. The molecule has 0 amide bonds. The Morgan fingerprint density at radius 1 is 0.926 bits per heavy atom. The van der Waals surface area contributed by atoms with Crippen molar-refractivity contribution in [1.29, 1.82) is 0 Å². The Kier molecular flexibility index (Phi) is 6.40. The van der Waals surface area contributed by atoms with Crippen LogP contribution in [0.3, 0.4) is 0 Å². The van der Waals surface area contributed by atoms with Crippen LogP contribution in [0.25, 0.3) is 11.1 Å². The van der Waals surface area contributed by atoms with Crippen molar-refractivity contribution < 1.29 is 27.0 Å². The number of hydrogen-bond donors (Lipinski definition) is 0. The molecule has 0 aliphatic carbocycles. The fourth-order valence-corrected chi connectivity index (χ4v) is 3.12. The summed E-state index contributed by atoms with van der Waals surface area (Å²) in [4.78, 5) is 0. The molecule has 0 aromatic heterocycles. The number of aryl methyl sites for hydroxylation is 1. The van der Waals surface area contributed by atoms with Crippen molar-refractivity contribution in [2.24, 2.45) is 5.92 Å². The number of hydrogen-bond acceptors (Lipinski definition) is 2. The zero-order valence-electron chi connectivity index (χ0n) is 14.7. The van der Waals surface area contributed by atoms with Crippen LogP contribution in [-0.4, -0.2) is 19.5 Å². The molecule has 1 heterocycles. The summed E-state index contributed by atoms with van der Waals surface area (Å²) in [5, 5.41) is -0.714. The van der Waals surface area contributed by atoms with Crippen LogP contribution in [0.5, 0.6) is 0 Å². The van der Waals surface area contributed by atoms with Crippen molar-refractivity contribution in [3.8, 4) is 11.1 Å². The van der Waals surface area contributed by atoms with Crippen LogP contribution >= 0.6 is 11.6 Å². The minimum absolute atomic E-state index is 0.250. The van der Waals surface area contributed by atoms with Gasteiger partial charge >= 0.3 is 0 Å². The highest BCUT2D eigenvalue weighted by Gasteiger charge is 2.22. The molecule has 2 nitrogen and oxygen atoms in total. The summed E-state index contributed by atoms with van der Waals surface area (Å²) in [6, 6.07) is 3.92. The molecule has 0 spiro atoms. The van der Waals surface area contributed by atoms with E-state index in [-0.39, 0.29) is 5.56 Å². The van der Waals surface area contributed by atoms with E-state index < -0.39 is 40.1 Å². The van der Waals surface area contributed by atoms with Crippen molar-refractivity contribution in [3.63, 3.8) is 0 Å². The lowest BCUT2D eigenvalue weighted by Gasteiger charge is -2.28. The average Bonchev–Trinajstić information content (AvgIpc) is 2.64. The van der Waals surface area contributed by atoms with Crippen molar-refractivity contribution in [1.82, 2.24) is 0 Å². The van der Waals surface area contributed by atoms with E-state index in [0.717, 1.165) is 30.7 Å². The Morgan fingerprint density at radius 2 is 1.48 bits per heavy atom. The smallest absolute Gasteiger partial charge is 0.157 e. The second kappa shape index (κ2) is 8.59. The summed E-state index contributed by atoms with van der Waals surface area (Å²) in [5.74, 6) is -3.58. The first-order valence-electron chi connectivity index (χ1n) is 8.75. The van der Waals surface area contributed by atoms with Gasteiger partial charge in [0.15, 0.2) is 6.29 Å². The Labute approximate surface area is 160 Å². The van der Waals surface area contributed by atoms with E-state index in [1.54, 1.807) is 0 Å². The first-order valence-corrected chi connectivity index (χ1v) is 9.12. The maximum Gasteiger partial charge on any atom is 0.157 e. The van der Waals surface area contributed by atoms with Gasteiger partial charge in [0.05, 0.1) is 18.8 Å². The van der Waals surface area contributed by atoms with Crippen LogP contribution in [0.4, 0.5) is 17.6 Å². The standard InChI is InChI=1S/C20H19ClF4O2/c1-2-11-9-26-18(27-10-11)4-3-12-5-14(22)19(15(23)6-12)13-7-16(24)20(21)17(25)8-13/h5-8,11,18H,2-4,9-10H2,1H3. The fourth-order valence-electron chi connectivity index (χ4n) is 3.02. The minimum atomic E-state index is -1.08. The van der Waals surface area contributed by atoms with Crippen LogP contribution in [0.1, 0.15) is 25.3 Å². The lowest BCUT2D eigenvalue weighted by molar-refractivity contribution is -0.202. The van der Waals surface area contributed by atoms with Crippen molar-refractivity contribution >= 4 is 11.6 Å². The third-order valence-corrected chi connectivity index (χ3v) is 5.02. The molecule has 0 radical (unpaired) electrons. The third-order valence-electron chi connectivity index (χ3n) is 4.66. The predicted molar refractivity (Wildman–Crippen MR) is 94.5 cm³/mol. The van der Waals surface area contributed by atoms with E-state index in [9.17, 15) is 17.6 Å². The maximum absolute atomic E-state index is 14.4. The largest absolute Gasteiger partial charge is 0.352 e. The lowest BCUT2D eigenvalue weighted by Crippen LogP contribution is -2.32. The van der Waals surface area contributed by atoms with Gasteiger partial charge in [-0.3, -0.25) is 0 Å². The molecule has 2 aromatic rings. The van der Waals surface area contributed by atoms with Crippen molar-refractivity contribution in [2.45, 2.75) is 32.5 Å². The topological polar surface area (TPSA) is 18.5 Å². The van der Waals surface area contributed by atoms with Gasteiger partial charge in [-0.05, 0) is 48.2 Å². The molecule has 27 heavy (non-hydrogen) atoms. The van der Waals surface area contributed by atoms with Gasteiger partial charge in [-0.15, -0.1) is 0 Å². The summed E-state index contributed by atoms with van der Waals surface area (Å²) in [6.45, 7) is 3.27. The molecule has 1 aliphatic heterocycles. The second-order valence-electron chi connectivity index (χ2n) is 6.60. The molecule has 0 bridgehead atoms. The third kappa shape index (κ3) is 4.62. The highest BCUT2D eigenvalue weighted by atomic mass is 35.5. The van der Waals surface area contributed by atoms with E-state index in [2.05, 4.69) is 6.92 Å².